The first-order valence-electron chi connectivity index (χ1n) is 11.1. The van der Waals surface area contributed by atoms with Crippen molar-refractivity contribution in [1.29, 1.82) is 0 Å². The minimum Gasteiger partial charge on any atom is -0.496 e. The molecule has 1 aromatic heterocycles. The minimum atomic E-state index is -1.30. The second-order valence-electron chi connectivity index (χ2n) is 9.09. The summed E-state index contributed by atoms with van der Waals surface area (Å²) in [7, 11) is 2.89. The van der Waals surface area contributed by atoms with Crippen LogP contribution in [0.3, 0.4) is 0 Å². The Morgan fingerprint density at radius 3 is 2.11 bits per heavy atom. The summed E-state index contributed by atoms with van der Waals surface area (Å²) in [5.41, 5.74) is 0.556. The number of nitrogens with one attached hydrogen (secondary N) is 1. The van der Waals surface area contributed by atoms with Gasteiger partial charge in [0.2, 0.25) is 5.88 Å². The SMILES string of the molecule is COc1cccc(OC)c1-c1nc(O)c(C(=O)NCC(=O)O)c(=O)n1Cc1ccc(C(C)(C)C)cc1. The summed E-state index contributed by atoms with van der Waals surface area (Å²) in [6.07, 6.45) is 0. The van der Waals surface area contributed by atoms with Crippen LogP contribution in [0.25, 0.3) is 11.4 Å². The fraction of sp³-hybridized carbons (Fsp3) is 0.308. The summed E-state index contributed by atoms with van der Waals surface area (Å²) in [4.78, 5) is 41.2. The summed E-state index contributed by atoms with van der Waals surface area (Å²) in [5.74, 6) is -2.51. The highest BCUT2D eigenvalue weighted by Gasteiger charge is 2.26. The molecule has 1 amide bonds. The number of carbonyl (C=O) groups excluding carboxylic acids is 1. The van der Waals surface area contributed by atoms with E-state index < -0.39 is 35.4 Å². The van der Waals surface area contributed by atoms with Crippen molar-refractivity contribution in [2.24, 2.45) is 0 Å². The predicted molar refractivity (Wildman–Crippen MR) is 133 cm³/mol. The first-order valence-corrected chi connectivity index (χ1v) is 11.1. The molecule has 10 heteroatoms. The Balaban J connectivity index is 2.25. The first-order chi connectivity index (χ1) is 17.0. The van der Waals surface area contributed by atoms with Gasteiger partial charge in [0.15, 0.2) is 11.4 Å². The van der Waals surface area contributed by atoms with E-state index in [1.165, 1.54) is 18.8 Å². The number of ether oxygens (including phenoxy) is 2. The van der Waals surface area contributed by atoms with Crippen LogP contribution in [-0.4, -0.2) is 52.4 Å². The van der Waals surface area contributed by atoms with Gasteiger partial charge < -0.3 is 25.0 Å². The number of rotatable bonds is 8. The van der Waals surface area contributed by atoms with Gasteiger partial charge in [-0.2, -0.15) is 4.98 Å². The summed E-state index contributed by atoms with van der Waals surface area (Å²) < 4.78 is 12.1. The van der Waals surface area contributed by atoms with Gasteiger partial charge in [-0.3, -0.25) is 19.0 Å². The fourth-order valence-electron chi connectivity index (χ4n) is 3.69. The van der Waals surface area contributed by atoms with Crippen LogP contribution in [0.2, 0.25) is 0 Å². The highest BCUT2D eigenvalue weighted by molar-refractivity contribution is 5.97. The average molecular weight is 496 g/mol. The molecule has 0 atom stereocenters. The summed E-state index contributed by atoms with van der Waals surface area (Å²) in [5, 5.41) is 21.6. The highest BCUT2D eigenvalue weighted by Crippen LogP contribution is 2.38. The van der Waals surface area contributed by atoms with Gasteiger partial charge in [0.25, 0.3) is 11.5 Å². The molecule has 0 radical (unpaired) electrons. The van der Waals surface area contributed by atoms with E-state index in [4.69, 9.17) is 14.6 Å². The van der Waals surface area contributed by atoms with E-state index in [0.29, 0.717) is 17.1 Å². The lowest BCUT2D eigenvalue weighted by atomic mass is 9.87. The molecule has 1 heterocycles. The number of carboxylic acids is 1. The Morgan fingerprint density at radius 1 is 1.03 bits per heavy atom. The third-order valence-corrected chi connectivity index (χ3v) is 5.59. The van der Waals surface area contributed by atoms with Crippen LogP contribution in [0.15, 0.2) is 47.3 Å². The van der Waals surface area contributed by atoms with Gasteiger partial charge in [0.05, 0.1) is 20.8 Å². The van der Waals surface area contributed by atoms with Gasteiger partial charge in [-0.25, -0.2) is 0 Å². The van der Waals surface area contributed by atoms with Crippen LogP contribution < -0.4 is 20.3 Å². The van der Waals surface area contributed by atoms with E-state index in [2.05, 4.69) is 31.1 Å². The van der Waals surface area contributed by atoms with Crippen molar-refractivity contribution >= 4 is 11.9 Å². The number of aromatic hydroxyl groups is 1. The normalized spacial score (nSPS) is 11.1. The zero-order valence-electron chi connectivity index (χ0n) is 20.8. The Labute approximate surface area is 208 Å². The van der Waals surface area contributed by atoms with Gasteiger partial charge in [0, 0.05) is 0 Å². The number of amides is 1. The van der Waals surface area contributed by atoms with E-state index in [9.17, 15) is 19.5 Å². The molecule has 0 saturated heterocycles. The number of carboxylic acid groups (broad SMARTS) is 1. The Hall–Kier alpha value is -4.34. The third kappa shape index (κ3) is 5.48. The zero-order chi connectivity index (χ0) is 26.6. The molecule has 10 nitrogen and oxygen atoms in total. The quantitative estimate of drug-likeness (QED) is 0.433. The van der Waals surface area contributed by atoms with Crippen LogP contribution in [0.4, 0.5) is 0 Å². The lowest BCUT2D eigenvalue weighted by Gasteiger charge is -2.20. The van der Waals surface area contributed by atoms with Gasteiger partial charge in [0.1, 0.15) is 23.6 Å². The summed E-state index contributed by atoms with van der Waals surface area (Å²) in [6.45, 7) is 5.54. The minimum absolute atomic E-state index is 0.00623. The molecule has 0 fully saturated rings. The van der Waals surface area contributed by atoms with Gasteiger partial charge in [-0.1, -0.05) is 51.1 Å². The smallest absolute Gasteiger partial charge is 0.322 e. The molecule has 0 bridgehead atoms. The molecule has 0 aliphatic heterocycles. The maximum atomic E-state index is 13.6. The first kappa shape index (κ1) is 26.3. The van der Waals surface area contributed by atoms with Crippen LogP contribution >= 0.6 is 0 Å². The largest absolute Gasteiger partial charge is 0.496 e. The molecule has 190 valence electrons. The highest BCUT2D eigenvalue weighted by atomic mass is 16.5. The maximum Gasteiger partial charge on any atom is 0.322 e. The maximum absolute atomic E-state index is 13.6. The number of carbonyl (C=O) groups is 2. The number of aromatic nitrogens is 2. The van der Waals surface area contributed by atoms with E-state index in [-0.39, 0.29) is 17.8 Å². The summed E-state index contributed by atoms with van der Waals surface area (Å²) >= 11 is 0. The molecule has 3 N–H and O–H groups in total. The van der Waals surface area contributed by atoms with E-state index >= 15 is 0 Å². The topological polar surface area (TPSA) is 140 Å². The molecule has 0 saturated carbocycles. The second kappa shape index (κ2) is 10.5. The van der Waals surface area contributed by atoms with Crippen molar-refractivity contribution in [2.45, 2.75) is 32.7 Å². The molecule has 0 aliphatic carbocycles. The molecule has 3 rings (SSSR count). The lowest BCUT2D eigenvalue weighted by Crippen LogP contribution is -2.37. The molecular weight excluding hydrogens is 466 g/mol. The standard InChI is InChI=1S/C26H29N3O7/c1-26(2,3)16-11-9-15(10-12-16)14-29-22(20-17(35-4)7-6-8-18(20)36-5)28-24(33)21(25(29)34)23(32)27-13-19(30)31/h6-12,33H,13-14H2,1-5H3,(H,27,32)(H,30,31). The number of benzene rings is 2. The van der Waals surface area contributed by atoms with Crippen molar-refractivity contribution in [3.8, 4) is 28.8 Å². The Morgan fingerprint density at radius 2 is 1.61 bits per heavy atom. The molecule has 0 unspecified atom stereocenters. The molecule has 3 aromatic rings. The number of methoxy groups -OCH3 is 2. The molecule has 36 heavy (non-hydrogen) atoms. The van der Waals surface area contributed by atoms with Gasteiger partial charge >= 0.3 is 5.97 Å². The fourth-order valence-corrected chi connectivity index (χ4v) is 3.69. The Kier molecular flexibility index (Phi) is 7.67. The van der Waals surface area contributed by atoms with Crippen LogP contribution in [0.5, 0.6) is 17.4 Å². The van der Waals surface area contributed by atoms with E-state index in [1.807, 2.05) is 24.3 Å². The monoisotopic (exact) mass is 495 g/mol. The van der Waals surface area contributed by atoms with Crippen molar-refractivity contribution in [3.63, 3.8) is 0 Å². The van der Waals surface area contributed by atoms with Crippen molar-refractivity contribution in [1.82, 2.24) is 14.9 Å². The van der Waals surface area contributed by atoms with Crippen molar-refractivity contribution in [3.05, 3.63) is 69.5 Å². The van der Waals surface area contributed by atoms with Crippen LogP contribution in [-0.2, 0) is 16.8 Å². The van der Waals surface area contributed by atoms with Crippen LogP contribution in [0.1, 0.15) is 42.3 Å². The third-order valence-electron chi connectivity index (χ3n) is 5.59. The van der Waals surface area contributed by atoms with Gasteiger partial charge in [-0.05, 0) is 28.7 Å². The van der Waals surface area contributed by atoms with Gasteiger partial charge in [-0.15, -0.1) is 0 Å². The number of nitrogens with zero attached hydrogens (tertiary/aromatic N) is 2. The predicted octanol–water partition coefficient (Wildman–Crippen LogP) is 2.79. The van der Waals surface area contributed by atoms with E-state index in [0.717, 1.165) is 11.1 Å². The molecule has 2 aromatic carbocycles. The molecule has 0 aliphatic rings. The van der Waals surface area contributed by atoms with Crippen molar-refractivity contribution < 1.29 is 29.3 Å². The van der Waals surface area contributed by atoms with E-state index in [1.54, 1.807) is 18.2 Å². The molecule has 0 spiro atoms. The lowest BCUT2D eigenvalue weighted by molar-refractivity contribution is -0.135. The van der Waals surface area contributed by atoms with Crippen molar-refractivity contribution in [2.75, 3.05) is 20.8 Å². The number of hydrogen-bond acceptors (Lipinski definition) is 7. The molecular formula is C26H29N3O7. The number of aliphatic carboxylic acids is 1. The summed E-state index contributed by atoms with van der Waals surface area (Å²) in [6, 6.07) is 12.6. The second-order valence-corrected chi connectivity index (χ2v) is 9.09. The van der Waals surface area contributed by atoms with Crippen LogP contribution in [0, 0.1) is 0 Å². The zero-order valence-corrected chi connectivity index (χ0v) is 20.8. The average Bonchev–Trinajstić information content (AvgIpc) is 2.83. The number of hydrogen-bond donors (Lipinski definition) is 3. The Bertz CT molecular complexity index is 1320.